The molecule has 1 aromatic carbocycles. The van der Waals surface area contributed by atoms with Gasteiger partial charge in [0.25, 0.3) is 0 Å². The van der Waals surface area contributed by atoms with Crippen LogP contribution in [0.4, 0.5) is 0 Å². The standard InChI is InChI=1S/C15H20O3/c1-9(2)12-5-11(8-17-4)6-13-10(3)18-15(16)7-14(12)13/h5-6,9-10H,7-8H2,1-4H3. The molecule has 3 heteroatoms. The van der Waals surface area contributed by atoms with Crippen molar-refractivity contribution in [3.05, 3.63) is 34.4 Å². The van der Waals surface area contributed by atoms with Crippen LogP contribution < -0.4 is 0 Å². The van der Waals surface area contributed by atoms with Gasteiger partial charge in [0, 0.05) is 7.11 Å². The second-order valence-corrected chi connectivity index (χ2v) is 5.15. The first kappa shape index (κ1) is 13.1. The van der Waals surface area contributed by atoms with Crippen molar-refractivity contribution in [3.8, 4) is 0 Å². The lowest BCUT2D eigenvalue weighted by molar-refractivity contribution is -0.149. The molecule has 0 saturated carbocycles. The average molecular weight is 248 g/mol. The highest BCUT2D eigenvalue weighted by molar-refractivity contribution is 5.76. The number of hydrogen-bond acceptors (Lipinski definition) is 3. The highest BCUT2D eigenvalue weighted by atomic mass is 16.5. The van der Waals surface area contributed by atoms with Crippen molar-refractivity contribution >= 4 is 5.97 Å². The second-order valence-electron chi connectivity index (χ2n) is 5.15. The number of cyclic esters (lactones) is 1. The molecule has 3 nitrogen and oxygen atoms in total. The van der Waals surface area contributed by atoms with Crippen molar-refractivity contribution in [3.63, 3.8) is 0 Å². The number of methoxy groups -OCH3 is 1. The average Bonchev–Trinajstić information content (AvgIpc) is 2.29. The quantitative estimate of drug-likeness (QED) is 0.771. The monoisotopic (exact) mass is 248 g/mol. The molecule has 0 fully saturated rings. The Kier molecular flexibility index (Phi) is 3.71. The lowest BCUT2D eigenvalue weighted by Crippen LogP contribution is -2.22. The summed E-state index contributed by atoms with van der Waals surface area (Å²) in [6.07, 6.45) is 0.232. The minimum absolute atomic E-state index is 0.128. The lowest BCUT2D eigenvalue weighted by atomic mass is 9.86. The van der Waals surface area contributed by atoms with Crippen molar-refractivity contribution in [1.29, 1.82) is 0 Å². The molecule has 98 valence electrons. The first-order valence-corrected chi connectivity index (χ1v) is 6.37. The molecule has 0 bridgehead atoms. The number of carbonyl (C=O) groups is 1. The number of carbonyl (C=O) groups excluding carboxylic acids is 1. The van der Waals surface area contributed by atoms with Crippen LogP contribution in [0.2, 0.25) is 0 Å². The van der Waals surface area contributed by atoms with Gasteiger partial charge in [0.2, 0.25) is 0 Å². The van der Waals surface area contributed by atoms with E-state index in [1.54, 1.807) is 7.11 Å². The van der Waals surface area contributed by atoms with E-state index in [0.717, 1.165) is 16.7 Å². The second kappa shape index (κ2) is 5.11. The molecule has 0 amide bonds. The maximum Gasteiger partial charge on any atom is 0.310 e. The Morgan fingerprint density at radius 2 is 2.17 bits per heavy atom. The smallest absolute Gasteiger partial charge is 0.310 e. The predicted molar refractivity (Wildman–Crippen MR) is 69.5 cm³/mol. The topological polar surface area (TPSA) is 35.5 Å². The summed E-state index contributed by atoms with van der Waals surface area (Å²) in [5.41, 5.74) is 4.66. The number of ether oxygens (including phenoxy) is 2. The van der Waals surface area contributed by atoms with Gasteiger partial charge in [-0.3, -0.25) is 4.79 Å². The number of fused-ring (bicyclic) bond motifs is 1. The third kappa shape index (κ3) is 2.41. The van der Waals surface area contributed by atoms with Gasteiger partial charge >= 0.3 is 5.97 Å². The minimum atomic E-state index is -0.157. The van der Waals surface area contributed by atoms with Crippen LogP contribution in [0.15, 0.2) is 12.1 Å². The summed E-state index contributed by atoms with van der Waals surface area (Å²) < 4.78 is 10.5. The van der Waals surface area contributed by atoms with Gasteiger partial charge < -0.3 is 9.47 Å². The van der Waals surface area contributed by atoms with E-state index in [1.807, 2.05) is 6.92 Å². The van der Waals surface area contributed by atoms with E-state index in [2.05, 4.69) is 26.0 Å². The van der Waals surface area contributed by atoms with Crippen LogP contribution in [0.25, 0.3) is 0 Å². The summed E-state index contributed by atoms with van der Waals surface area (Å²) in [5, 5.41) is 0. The molecule has 0 N–H and O–H groups in total. The molecule has 0 radical (unpaired) electrons. The van der Waals surface area contributed by atoms with Crippen LogP contribution in [-0.4, -0.2) is 13.1 Å². The van der Waals surface area contributed by atoms with Crippen LogP contribution in [0.5, 0.6) is 0 Å². The molecule has 0 aromatic heterocycles. The Morgan fingerprint density at radius 1 is 1.44 bits per heavy atom. The van der Waals surface area contributed by atoms with Gasteiger partial charge in [-0.05, 0) is 41.2 Å². The van der Waals surface area contributed by atoms with Crippen LogP contribution in [0, 0.1) is 0 Å². The molecular weight excluding hydrogens is 228 g/mol. The summed E-state index contributed by atoms with van der Waals surface area (Å²) in [6, 6.07) is 4.25. The third-order valence-corrected chi connectivity index (χ3v) is 3.38. The van der Waals surface area contributed by atoms with E-state index in [4.69, 9.17) is 9.47 Å². The first-order valence-electron chi connectivity index (χ1n) is 6.37. The van der Waals surface area contributed by atoms with E-state index in [1.165, 1.54) is 5.56 Å². The molecule has 0 saturated heterocycles. The molecule has 0 spiro atoms. The maximum atomic E-state index is 11.6. The largest absolute Gasteiger partial charge is 0.458 e. The van der Waals surface area contributed by atoms with Gasteiger partial charge in [-0.1, -0.05) is 19.9 Å². The van der Waals surface area contributed by atoms with Gasteiger partial charge in [0.15, 0.2) is 0 Å². The van der Waals surface area contributed by atoms with Gasteiger partial charge in [0.1, 0.15) is 6.10 Å². The van der Waals surface area contributed by atoms with Gasteiger partial charge in [-0.25, -0.2) is 0 Å². The Morgan fingerprint density at radius 3 is 2.78 bits per heavy atom. The minimum Gasteiger partial charge on any atom is -0.458 e. The number of esters is 1. The highest BCUT2D eigenvalue weighted by Gasteiger charge is 2.26. The van der Waals surface area contributed by atoms with Crippen LogP contribution in [-0.2, 0) is 27.3 Å². The predicted octanol–water partition coefficient (Wildman–Crippen LogP) is 3.12. The summed E-state index contributed by atoms with van der Waals surface area (Å²) in [5.74, 6) is 0.269. The molecule has 1 aliphatic heterocycles. The molecule has 2 rings (SSSR count). The SMILES string of the molecule is COCc1cc(C(C)C)c2c(c1)C(C)OC(=O)C2. The highest BCUT2D eigenvalue weighted by Crippen LogP contribution is 2.34. The summed E-state index contributed by atoms with van der Waals surface area (Å²) in [6.45, 7) is 6.82. The number of benzene rings is 1. The Hall–Kier alpha value is -1.35. The number of hydrogen-bond donors (Lipinski definition) is 0. The van der Waals surface area contributed by atoms with E-state index >= 15 is 0 Å². The van der Waals surface area contributed by atoms with E-state index in [-0.39, 0.29) is 12.1 Å². The molecule has 1 unspecified atom stereocenters. The zero-order valence-corrected chi connectivity index (χ0v) is 11.4. The van der Waals surface area contributed by atoms with Crippen LogP contribution in [0.1, 0.15) is 55.0 Å². The Bertz CT molecular complexity index is 446. The molecular formula is C15H20O3. The fourth-order valence-electron chi connectivity index (χ4n) is 2.56. The van der Waals surface area contributed by atoms with Crippen molar-refractivity contribution in [2.24, 2.45) is 0 Å². The molecule has 1 heterocycles. The fourth-order valence-corrected chi connectivity index (χ4v) is 2.56. The molecule has 18 heavy (non-hydrogen) atoms. The van der Waals surface area contributed by atoms with Gasteiger partial charge in [0.05, 0.1) is 13.0 Å². The molecule has 1 aromatic rings. The van der Waals surface area contributed by atoms with E-state index in [9.17, 15) is 4.79 Å². The normalized spacial score (nSPS) is 18.7. The summed E-state index contributed by atoms with van der Waals surface area (Å²) in [4.78, 5) is 11.6. The van der Waals surface area contributed by atoms with Gasteiger partial charge in [-0.2, -0.15) is 0 Å². The first-order chi connectivity index (χ1) is 8.52. The summed E-state index contributed by atoms with van der Waals surface area (Å²) >= 11 is 0. The zero-order valence-electron chi connectivity index (χ0n) is 11.4. The van der Waals surface area contributed by atoms with Crippen molar-refractivity contribution in [2.45, 2.75) is 45.8 Å². The van der Waals surface area contributed by atoms with Crippen LogP contribution >= 0.6 is 0 Å². The maximum absolute atomic E-state index is 11.6. The summed E-state index contributed by atoms with van der Waals surface area (Å²) in [7, 11) is 1.69. The third-order valence-electron chi connectivity index (χ3n) is 3.38. The van der Waals surface area contributed by atoms with E-state index < -0.39 is 0 Å². The fraction of sp³-hybridized carbons (Fsp3) is 0.533. The Balaban J connectivity index is 2.54. The molecule has 1 atom stereocenters. The molecule has 0 aliphatic carbocycles. The van der Waals surface area contributed by atoms with Crippen LogP contribution in [0.3, 0.4) is 0 Å². The van der Waals surface area contributed by atoms with Crippen molar-refractivity contribution in [2.75, 3.05) is 7.11 Å². The zero-order chi connectivity index (χ0) is 13.3. The molecule has 1 aliphatic rings. The van der Waals surface area contributed by atoms with Gasteiger partial charge in [-0.15, -0.1) is 0 Å². The lowest BCUT2D eigenvalue weighted by Gasteiger charge is -2.27. The van der Waals surface area contributed by atoms with Crippen molar-refractivity contribution in [1.82, 2.24) is 0 Å². The number of rotatable bonds is 3. The van der Waals surface area contributed by atoms with Crippen molar-refractivity contribution < 1.29 is 14.3 Å². The van der Waals surface area contributed by atoms with E-state index in [0.29, 0.717) is 18.9 Å². The Labute approximate surface area is 108 Å².